The maximum Gasteiger partial charge on any atom is 0.00727 e. The second-order valence-corrected chi connectivity index (χ2v) is 5.34. The lowest BCUT2D eigenvalue weighted by atomic mass is 10.0. The molecule has 0 aromatic rings. The maximum atomic E-state index is 2.36. The van der Waals surface area contributed by atoms with Gasteiger partial charge in [-0.3, -0.25) is 0 Å². The van der Waals surface area contributed by atoms with E-state index in [9.17, 15) is 0 Å². The maximum absolute atomic E-state index is 2.36. The Hall–Kier alpha value is 0.350. The van der Waals surface area contributed by atoms with Gasteiger partial charge in [0.1, 0.15) is 0 Å². The first-order chi connectivity index (χ1) is 4.70. The van der Waals surface area contributed by atoms with Crippen LogP contribution in [0.1, 0.15) is 40.0 Å². The number of hydrogen-bond acceptors (Lipinski definition) is 1. The molecule has 0 saturated carbocycles. The van der Waals surface area contributed by atoms with Gasteiger partial charge >= 0.3 is 0 Å². The highest BCUT2D eigenvalue weighted by molar-refractivity contribution is 8.00. The van der Waals surface area contributed by atoms with Gasteiger partial charge in [0.2, 0.25) is 0 Å². The topological polar surface area (TPSA) is 0 Å². The average Bonchev–Trinajstić information content (AvgIpc) is 1.88. The van der Waals surface area contributed by atoms with Crippen LogP contribution >= 0.6 is 11.8 Å². The van der Waals surface area contributed by atoms with E-state index in [-0.39, 0.29) is 0 Å². The Bertz CT molecular complexity index is 98.9. The monoisotopic (exact) mass is 158 g/mol. The van der Waals surface area contributed by atoms with Crippen LogP contribution in [0, 0.1) is 5.92 Å². The Kier molecular flexibility index (Phi) is 3.09. The van der Waals surface area contributed by atoms with E-state index in [1.165, 1.54) is 19.3 Å². The van der Waals surface area contributed by atoms with E-state index in [0.717, 1.165) is 16.4 Å². The summed E-state index contributed by atoms with van der Waals surface area (Å²) in [5.74, 6) is 0.882. The van der Waals surface area contributed by atoms with Crippen LogP contribution in [-0.2, 0) is 0 Å². The molecule has 0 aromatic heterocycles. The predicted octanol–water partition coefficient (Wildman–Crippen LogP) is 3.32. The summed E-state index contributed by atoms with van der Waals surface area (Å²) >= 11 is 2.19. The van der Waals surface area contributed by atoms with Gasteiger partial charge < -0.3 is 0 Å². The van der Waals surface area contributed by atoms with Crippen LogP contribution < -0.4 is 0 Å². The summed E-state index contributed by atoms with van der Waals surface area (Å²) in [5.41, 5.74) is 0. The Balaban J connectivity index is 2.32. The third-order valence-corrected chi connectivity index (χ3v) is 4.08. The average molecular weight is 158 g/mol. The molecule has 0 N–H and O–H groups in total. The fraction of sp³-hybridized carbons (Fsp3) is 1.00. The van der Waals surface area contributed by atoms with Gasteiger partial charge in [0.25, 0.3) is 0 Å². The third kappa shape index (κ3) is 2.19. The van der Waals surface area contributed by atoms with E-state index in [2.05, 4.69) is 32.5 Å². The molecule has 1 saturated heterocycles. The van der Waals surface area contributed by atoms with Crippen molar-refractivity contribution in [1.29, 1.82) is 0 Å². The molecule has 1 aliphatic heterocycles. The molecule has 0 spiro atoms. The van der Waals surface area contributed by atoms with E-state index in [1.807, 2.05) is 0 Å². The van der Waals surface area contributed by atoms with E-state index in [0.29, 0.717) is 0 Å². The molecule has 2 unspecified atom stereocenters. The van der Waals surface area contributed by atoms with E-state index < -0.39 is 0 Å². The van der Waals surface area contributed by atoms with Crippen LogP contribution in [0.3, 0.4) is 0 Å². The minimum absolute atomic E-state index is 0.882. The minimum atomic E-state index is 0.882. The van der Waals surface area contributed by atoms with Gasteiger partial charge in [-0.1, -0.05) is 27.2 Å². The summed E-state index contributed by atoms with van der Waals surface area (Å²) in [6.45, 7) is 7.05. The first-order valence-electron chi connectivity index (χ1n) is 4.35. The highest BCUT2D eigenvalue weighted by Gasteiger charge is 2.21. The van der Waals surface area contributed by atoms with Crippen molar-refractivity contribution >= 4 is 11.8 Å². The summed E-state index contributed by atoms with van der Waals surface area (Å²) in [7, 11) is 0. The summed E-state index contributed by atoms with van der Waals surface area (Å²) in [6.07, 6.45) is 4.34. The second kappa shape index (κ2) is 3.66. The lowest BCUT2D eigenvalue weighted by molar-refractivity contribution is 0.520. The molecule has 1 heteroatoms. The molecule has 0 radical (unpaired) electrons. The molecule has 1 heterocycles. The first-order valence-corrected chi connectivity index (χ1v) is 5.30. The zero-order chi connectivity index (χ0) is 7.56. The molecule has 1 fully saturated rings. The van der Waals surface area contributed by atoms with Crippen LogP contribution in [0.4, 0.5) is 0 Å². The molecule has 60 valence electrons. The van der Waals surface area contributed by atoms with Crippen molar-refractivity contribution in [1.82, 2.24) is 0 Å². The summed E-state index contributed by atoms with van der Waals surface area (Å²) in [4.78, 5) is 0. The Morgan fingerprint density at radius 1 is 1.30 bits per heavy atom. The summed E-state index contributed by atoms with van der Waals surface area (Å²) < 4.78 is 0. The van der Waals surface area contributed by atoms with Crippen LogP contribution in [0.25, 0.3) is 0 Å². The van der Waals surface area contributed by atoms with Gasteiger partial charge in [-0.05, 0) is 18.8 Å². The molecule has 0 nitrogen and oxygen atoms in total. The number of hydrogen-bond donors (Lipinski definition) is 0. The minimum Gasteiger partial charge on any atom is -0.155 e. The van der Waals surface area contributed by atoms with E-state index >= 15 is 0 Å². The van der Waals surface area contributed by atoms with Gasteiger partial charge in [0, 0.05) is 10.5 Å². The Morgan fingerprint density at radius 3 is 2.40 bits per heavy atom. The van der Waals surface area contributed by atoms with Gasteiger partial charge in [0.05, 0.1) is 0 Å². The number of thioether (sulfide) groups is 1. The van der Waals surface area contributed by atoms with Crippen LogP contribution in [-0.4, -0.2) is 10.5 Å². The quantitative estimate of drug-likeness (QED) is 0.564. The predicted molar refractivity (Wildman–Crippen MR) is 49.5 cm³/mol. The molecule has 0 bridgehead atoms. The normalized spacial score (nSPS) is 34.8. The number of rotatable bonds is 1. The van der Waals surface area contributed by atoms with Crippen molar-refractivity contribution in [2.24, 2.45) is 5.92 Å². The van der Waals surface area contributed by atoms with Crippen molar-refractivity contribution in [3.63, 3.8) is 0 Å². The van der Waals surface area contributed by atoms with Gasteiger partial charge in [-0.2, -0.15) is 11.8 Å². The standard InChI is InChI=1S/C9H18S/c1-7(2)9-6-4-5-8(3)10-9/h7-9H,4-6H2,1-3H3. The van der Waals surface area contributed by atoms with E-state index in [1.54, 1.807) is 0 Å². The zero-order valence-corrected chi connectivity index (χ0v) is 8.08. The highest BCUT2D eigenvalue weighted by Crippen LogP contribution is 2.35. The molecule has 2 atom stereocenters. The van der Waals surface area contributed by atoms with Crippen LogP contribution in [0.2, 0.25) is 0 Å². The second-order valence-electron chi connectivity index (χ2n) is 3.66. The lowest BCUT2D eigenvalue weighted by Gasteiger charge is -2.28. The van der Waals surface area contributed by atoms with Crippen LogP contribution in [0.5, 0.6) is 0 Å². The van der Waals surface area contributed by atoms with E-state index in [4.69, 9.17) is 0 Å². The summed E-state index contributed by atoms with van der Waals surface area (Å²) in [5, 5.41) is 1.87. The highest BCUT2D eigenvalue weighted by atomic mass is 32.2. The molecular weight excluding hydrogens is 140 g/mol. The molecule has 1 aliphatic rings. The zero-order valence-electron chi connectivity index (χ0n) is 7.26. The molecule has 10 heavy (non-hydrogen) atoms. The summed E-state index contributed by atoms with van der Waals surface area (Å²) in [6, 6.07) is 0. The fourth-order valence-corrected chi connectivity index (χ4v) is 3.05. The SMILES string of the molecule is CC1CCCC(C(C)C)S1. The van der Waals surface area contributed by atoms with Crippen molar-refractivity contribution in [2.45, 2.75) is 50.5 Å². The molecule has 0 aromatic carbocycles. The largest absolute Gasteiger partial charge is 0.155 e. The van der Waals surface area contributed by atoms with Crippen molar-refractivity contribution < 1.29 is 0 Å². The Morgan fingerprint density at radius 2 is 2.00 bits per heavy atom. The smallest absolute Gasteiger partial charge is 0.00727 e. The van der Waals surface area contributed by atoms with Crippen molar-refractivity contribution in [3.8, 4) is 0 Å². The molecule has 0 aliphatic carbocycles. The van der Waals surface area contributed by atoms with Crippen molar-refractivity contribution in [2.75, 3.05) is 0 Å². The molecule has 0 amide bonds. The fourth-order valence-electron chi connectivity index (χ4n) is 1.53. The van der Waals surface area contributed by atoms with Gasteiger partial charge in [-0.15, -0.1) is 0 Å². The molecule has 1 rings (SSSR count). The Labute approximate surface area is 68.8 Å². The molecular formula is C9H18S. The van der Waals surface area contributed by atoms with Crippen molar-refractivity contribution in [3.05, 3.63) is 0 Å². The van der Waals surface area contributed by atoms with Gasteiger partial charge in [-0.25, -0.2) is 0 Å². The third-order valence-electron chi connectivity index (χ3n) is 2.25. The van der Waals surface area contributed by atoms with Crippen LogP contribution in [0.15, 0.2) is 0 Å². The lowest BCUT2D eigenvalue weighted by Crippen LogP contribution is -2.19. The first kappa shape index (κ1) is 8.45. The van der Waals surface area contributed by atoms with Gasteiger partial charge in [0.15, 0.2) is 0 Å².